The zero-order chi connectivity index (χ0) is 21.5. The quantitative estimate of drug-likeness (QED) is 0.621. The molecular formula is C25H29N3OS. The first kappa shape index (κ1) is 20.7. The summed E-state index contributed by atoms with van der Waals surface area (Å²) in [6, 6.07) is 14.5. The molecule has 5 heteroatoms. The monoisotopic (exact) mass is 419 g/mol. The number of anilines is 1. The second-order valence-corrected chi connectivity index (χ2v) is 9.78. The van der Waals surface area contributed by atoms with E-state index in [4.69, 9.17) is 0 Å². The topological polar surface area (TPSA) is 44.7 Å². The van der Waals surface area contributed by atoms with Crippen molar-refractivity contribution in [2.24, 2.45) is 4.99 Å². The number of aryl methyl sites for hydroxylation is 1. The highest BCUT2D eigenvalue weighted by Crippen LogP contribution is 2.43. The summed E-state index contributed by atoms with van der Waals surface area (Å²) in [5.41, 5.74) is 5.86. The van der Waals surface area contributed by atoms with Gasteiger partial charge in [0.15, 0.2) is 5.17 Å². The molecule has 4 rings (SSSR count). The van der Waals surface area contributed by atoms with Gasteiger partial charge in [-0.1, -0.05) is 31.2 Å². The summed E-state index contributed by atoms with van der Waals surface area (Å²) in [5, 5.41) is 3.53. The summed E-state index contributed by atoms with van der Waals surface area (Å²) in [5.74, 6) is 0.397. The highest BCUT2D eigenvalue weighted by Gasteiger charge is 2.35. The molecule has 1 saturated heterocycles. The molecule has 0 radical (unpaired) electrons. The van der Waals surface area contributed by atoms with Crippen molar-refractivity contribution in [2.45, 2.75) is 52.5 Å². The number of rotatable bonds is 3. The molecule has 1 fully saturated rings. The first-order chi connectivity index (χ1) is 14.3. The fraction of sp³-hybridized carbons (Fsp3) is 0.360. The number of thioether (sulfide) groups is 1. The van der Waals surface area contributed by atoms with Crippen LogP contribution in [0.5, 0.6) is 0 Å². The average Bonchev–Trinajstić information content (AvgIpc) is 3.02. The minimum Gasteiger partial charge on any atom is -0.366 e. The summed E-state index contributed by atoms with van der Waals surface area (Å²) >= 11 is 1.40. The van der Waals surface area contributed by atoms with Crippen LogP contribution >= 0.6 is 11.8 Å². The van der Waals surface area contributed by atoms with Crippen molar-refractivity contribution < 1.29 is 4.79 Å². The number of nitrogens with zero attached hydrogens (tertiary/aromatic N) is 2. The molecule has 1 atom stereocenters. The fourth-order valence-corrected chi connectivity index (χ4v) is 5.46. The van der Waals surface area contributed by atoms with Gasteiger partial charge in [0.1, 0.15) is 0 Å². The molecule has 2 heterocycles. The van der Waals surface area contributed by atoms with Gasteiger partial charge >= 0.3 is 0 Å². The molecule has 0 aliphatic carbocycles. The lowest BCUT2D eigenvalue weighted by Crippen LogP contribution is -2.48. The van der Waals surface area contributed by atoms with Gasteiger partial charge < -0.3 is 10.2 Å². The lowest BCUT2D eigenvalue weighted by atomic mass is 9.79. The van der Waals surface area contributed by atoms with Crippen LogP contribution in [0, 0.1) is 6.92 Å². The van der Waals surface area contributed by atoms with Crippen LogP contribution in [0.2, 0.25) is 0 Å². The first-order valence-electron chi connectivity index (χ1n) is 10.6. The van der Waals surface area contributed by atoms with E-state index in [1.54, 1.807) is 0 Å². The van der Waals surface area contributed by atoms with E-state index in [1.165, 1.54) is 23.0 Å². The number of fused-ring (bicyclic) bond motifs is 1. The van der Waals surface area contributed by atoms with E-state index in [2.05, 4.69) is 61.1 Å². The van der Waals surface area contributed by atoms with Crippen LogP contribution in [0.25, 0.3) is 6.08 Å². The van der Waals surface area contributed by atoms with Gasteiger partial charge in [-0.2, -0.15) is 0 Å². The predicted molar refractivity (Wildman–Crippen MR) is 129 cm³/mol. The van der Waals surface area contributed by atoms with Gasteiger partial charge in [-0.15, -0.1) is 0 Å². The van der Waals surface area contributed by atoms with Crippen molar-refractivity contribution in [3.63, 3.8) is 0 Å². The number of para-hydroxylation sites is 1. The summed E-state index contributed by atoms with van der Waals surface area (Å²) in [4.78, 5) is 20.3. The molecule has 2 aromatic carbocycles. The Morgan fingerprint density at radius 1 is 1.27 bits per heavy atom. The third-order valence-electron chi connectivity index (χ3n) is 6.01. The Bertz CT molecular complexity index is 1050. The Labute approximate surface area is 183 Å². The molecule has 1 amide bonds. The standard InChI is InChI=1S/C25H29N3OS/c1-6-28-21-12-11-18(13-19(21)17(3)15-25(28,4)5)14-22-23(29)27-24(30-22)26-20-10-8-7-9-16(20)2/h7-14,17H,6,15H2,1-5H3,(H,26,27,29)/b22-14+. The maximum absolute atomic E-state index is 12.5. The average molecular weight is 420 g/mol. The molecule has 2 aliphatic rings. The number of carbonyl (C=O) groups excluding carboxylic acids is 1. The lowest BCUT2D eigenvalue weighted by Gasteiger charge is -2.47. The van der Waals surface area contributed by atoms with Crippen molar-refractivity contribution >= 4 is 40.3 Å². The zero-order valence-electron chi connectivity index (χ0n) is 18.3. The summed E-state index contributed by atoms with van der Waals surface area (Å²) in [6.45, 7) is 12.2. The number of amides is 1. The van der Waals surface area contributed by atoms with Gasteiger partial charge in [-0.05, 0) is 92.8 Å². The van der Waals surface area contributed by atoms with E-state index >= 15 is 0 Å². The molecule has 0 spiro atoms. The largest absolute Gasteiger partial charge is 0.366 e. The van der Waals surface area contributed by atoms with E-state index < -0.39 is 0 Å². The number of benzene rings is 2. The van der Waals surface area contributed by atoms with Crippen LogP contribution in [-0.2, 0) is 4.79 Å². The summed E-state index contributed by atoms with van der Waals surface area (Å²) < 4.78 is 0. The Morgan fingerprint density at radius 2 is 2.03 bits per heavy atom. The number of aliphatic imine (C=N–C) groups is 1. The van der Waals surface area contributed by atoms with Crippen molar-refractivity contribution in [3.8, 4) is 0 Å². The summed E-state index contributed by atoms with van der Waals surface area (Å²) in [7, 11) is 0. The molecule has 2 aromatic rings. The maximum atomic E-state index is 12.5. The van der Waals surface area contributed by atoms with E-state index in [0.717, 1.165) is 29.8 Å². The van der Waals surface area contributed by atoms with Crippen molar-refractivity contribution in [3.05, 3.63) is 64.1 Å². The first-order valence-corrected chi connectivity index (χ1v) is 11.4. The molecule has 156 valence electrons. The normalized spacial score (nSPS) is 23.0. The number of carbonyl (C=O) groups is 1. The smallest absolute Gasteiger partial charge is 0.264 e. The van der Waals surface area contributed by atoms with Crippen LogP contribution in [0.4, 0.5) is 11.4 Å². The minimum absolute atomic E-state index is 0.0885. The van der Waals surface area contributed by atoms with E-state index in [9.17, 15) is 4.79 Å². The van der Waals surface area contributed by atoms with Gasteiger partial charge in [-0.3, -0.25) is 4.79 Å². The minimum atomic E-state index is -0.0885. The number of hydrogen-bond acceptors (Lipinski definition) is 4. The molecular weight excluding hydrogens is 390 g/mol. The van der Waals surface area contributed by atoms with Crippen LogP contribution in [0.15, 0.2) is 52.4 Å². The molecule has 30 heavy (non-hydrogen) atoms. The number of nitrogens with one attached hydrogen (secondary N) is 1. The van der Waals surface area contributed by atoms with Crippen molar-refractivity contribution in [2.75, 3.05) is 11.4 Å². The molecule has 0 saturated carbocycles. The maximum Gasteiger partial charge on any atom is 0.264 e. The molecule has 1 N–H and O–H groups in total. The molecule has 1 unspecified atom stereocenters. The third-order valence-corrected chi connectivity index (χ3v) is 6.92. The SMILES string of the molecule is CCN1c2ccc(/C=C3/SC(=Nc4ccccc4C)NC3=O)cc2C(C)CC1(C)C. The highest BCUT2D eigenvalue weighted by atomic mass is 32.2. The number of hydrogen-bond donors (Lipinski definition) is 1. The van der Waals surface area contributed by atoms with E-state index in [-0.39, 0.29) is 11.4 Å². The lowest BCUT2D eigenvalue weighted by molar-refractivity contribution is -0.115. The third kappa shape index (κ3) is 3.91. The molecule has 4 nitrogen and oxygen atoms in total. The highest BCUT2D eigenvalue weighted by molar-refractivity contribution is 8.18. The van der Waals surface area contributed by atoms with Crippen LogP contribution < -0.4 is 10.2 Å². The van der Waals surface area contributed by atoms with Gasteiger partial charge in [0.2, 0.25) is 0 Å². The van der Waals surface area contributed by atoms with E-state index in [1.807, 2.05) is 37.3 Å². The van der Waals surface area contributed by atoms with Gasteiger partial charge in [-0.25, -0.2) is 4.99 Å². The van der Waals surface area contributed by atoms with Crippen LogP contribution in [0.3, 0.4) is 0 Å². The van der Waals surface area contributed by atoms with Crippen molar-refractivity contribution in [1.29, 1.82) is 0 Å². The Morgan fingerprint density at radius 3 is 2.77 bits per heavy atom. The molecule has 0 aromatic heterocycles. The molecule has 2 aliphatic heterocycles. The van der Waals surface area contributed by atoms with Gasteiger partial charge in [0.05, 0.1) is 10.6 Å². The Hall–Kier alpha value is -2.53. The second-order valence-electron chi connectivity index (χ2n) is 8.75. The number of amidine groups is 1. The fourth-order valence-electron chi connectivity index (χ4n) is 4.63. The van der Waals surface area contributed by atoms with E-state index in [0.29, 0.717) is 16.0 Å². The second kappa shape index (κ2) is 7.95. The van der Waals surface area contributed by atoms with Crippen LogP contribution in [-0.4, -0.2) is 23.2 Å². The zero-order valence-corrected chi connectivity index (χ0v) is 19.1. The van der Waals surface area contributed by atoms with Crippen LogP contribution in [0.1, 0.15) is 56.7 Å². The predicted octanol–water partition coefficient (Wildman–Crippen LogP) is 6.00. The molecule has 0 bridgehead atoms. The summed E-state index contributed by atoms with van der Waals surface area (Å²) in [6.07, 6.45) is 3.10. The van der Waals surface area contributed by atoms with Crippen molar-refractivity contribution in [1.82, 2.24) is 5.32 Å². The Balaban J connectivity index is 1.62. The van der Waals surface area contributed by atoms with Gasteiger partial charge in [0, 0.05) is 17.8 Å². The van der Waals surface area contributed by atoms with Gasteiger partial charge in [0.25, 0.3) is 5.91 Å². The Kier molecular flexibility index (Phi) is 5.49.